The number of hydrogen-bond donors (Lipinski definition) is 0. The number of benzene rings is 1. The predicted molar refractivity (Wildman–Crippen MR) is 87.9 cm³/mol. The van der Waals surface area contributed by atoms with E-state index in [0.29, 0.717) is 28.3 Å². The van der Waals surface area contributed by atoms with Crippen LogP contribution in [0.15, 0.2) is 53.9 Å². The molecular formula is C16H14N4O2S. The highest BCUT2D eigenvalue weighted by Crippen LogP contribution is 2.24. The van der Waals surface area contributed by atoms with Crippen LogP contribution < -0.4 is 9.47 Å². The van der Waals surface area contributed by atoms with Crippen molar-refractivity contribution in [3.8, 4) is 28.9 Å². The molecule has 2 heterocycles. The molecule has 0 unspecified atom stereocenters. The lowest BCUT2D eigenvalue weighted by Crippen LogP contribution is -1.96. The maximum Gasteiger partial charge on any atom is 0.222 e. The topological polar surface area (TPSA) is 70.0 Å². The molecule has 0 saturated heterocycles. The molecule has 0 fully saturated rings. The maximum absolute atomic E-state index is 5.74. The highest BCUT2D eigenvalue weighted by Gasteiger charge is 2.07. The van der Waals surface area contributed by atoms with Crippen molar-refractivity contribution >= 4 is 11.8 Å². The molecule has 0 aliphatic rings. The summed E-state index contributed by atoms with van der Waals surface area (Å²) >= 11 is 1.47. The van der Waals surface area contributed by atoms with E-state index in [1.165, 1.54) is 11.8 Å². The minimum Gasteiger partial charge on any atom is -0.497 e. The Hall–Kier alpha value is -2.67. The molecule has 7 heteroatoms. The van der Waals surface area contributed by atoms with Gasteiger partial charge in [0.2, 0.25) is 5.88 Å². The Morgan fingerprint density at radius 3 is 2.35 bits per heavy atom. The molecule has 3 rings (SSSR count). The summed E-state index contributed by atoms with van der Waals surface area (Å²) in [5.74, 6) is 2.38. The fourth-order valence-electron chi connectivity index (χ4n) is 1.85. The van der Waals surface area contributed by atoms with E-state index in [2.05, 4.69) is 19.9 Å². The number of rotatable bonds is 5. The van der Waals surface area contributed by atoms with Gasteiger partial charge in [-0.3, -0.25) is 0 Å². The normalized spacial score (nSPS) is 10.3. The molecule has 0 atom stereocenters. The van der Waals surface area contributed by atoms with Crippen molar-refractivity contribution in [1.29, 1.82) is 0 Å². The fourth-order valence-corrected chi connectivity index (χ4v) is 2.21. The molecule has 0 N–H and O–H groups in total. The van der Waals surface area contributed by atoms with Crippen LogP contribution in [0.2, 0.25) is 0 Å². The molecule has 0 bridgehead atoms. The van der Waals surface area contributed by atoms with Gasteiger partial charge in [0.25, 0.3) is 0 Å². The van der Waals surface area contributed by atoms with E-state index in [0.717, 1.165) is 5.75 Å². The Kier molecular flexibility index (Phi) is 4.68. The van der Waals surface area contributed by atoms with E-state index < -0.39 is 0 Å². The van der Waals surface area contributed by atoms with Gasteiger partial charge in [0.1, 0.15) is 17.2 Å². The number of thioether (sulfide) groups is 1. The van der Waals surface area contributed by atoms with Gasteiger partial charge in [-0.1, -0.05) is 11.8 Å². The first kappa shape index (κ1) is 15.2. The van der Waals surface area contributed by atoms with Gasteiger partial charge in [0.05, 0.1) is 7.11 Å². The van der Waals surface area contributed by atoms with E-state index >= 15 is 0 Å². The van der Waals surface area contributed by atoms with E-state index in [1.807, 2.05) is 30.5 Å². The standard InChI is InChI=1S/C16H14N4O2S/c1-21-11-3-5-12(6-4-11)22-14-8-10-17-15(20-14)13-7-9-18-16(19-13)23-2/h3-10H,1-2H3. The molecule has 2 aromatic heterocycles. The summed E-state index contributed by atoms with van der Waals surface area (Å²) in [7, 11) is 1.62. The molecule has 116 valence electrons. The molecule has 6 nitrogen and oxygen atoms in total. The SMILES string of the molecule is COc1ccc(Oc2ccnc(-c3ccnc(SC)n3)n2)cc1. The fraction of sp³-hybridized carbons (Fsp3) is 0.125. The summed E-state index contributed by atoms with van der Waals surface area (Å²) in [5.41, 5.74) is 0.657. The quantitative estimate of drug-likeness (QED) is 0.525. The van der Waals surface area contributed by atoms with Gasteiger partial charge >= 0.3 is 0 Å². The van der Waals surface area contributed by atoms with Gasteiger partial charge in [0, 0.05) is 18.5 Å². The van der Waals surface area contributed by atoms with Crippen molar-refractivity contribution in [1.82, 2.24) is 19.9 Å². The molecule has 3 aromatic rings. The summed E-state index contributed by atoms with van der Waals surface area (Å²) in [6.45, 7) is 0. The van der Waals surface area contributed by atoms with Crippen LogP contribution in [-0.2, 0) is 0 Å². The van der Waals surface area contributed by atoms with Crippen LogP contribution in [0.1, 0.15) is 0 Å². The molecule has 1 aromatic carbocycles. The van der Waals surface area contributed by atoms with E-state index in [9.17, 15) is 0 Å². The third kappa shape index (κ3) is 3.75. The third-order valence-corrected chi connectivity index (χ3v) is 3.52. The van der Waals surface area contributed by atoms with Crippen LogP contribution in [0.5, 0.6) is 17.4 Å². The van der Waals surface area contributed by atoms with Crippen LogP contribution in [-0.4, -0.2) is 33.3 Å². The van der Waals surface area contributed by atoms with Crippen LogP contribution in [0, 0.1) is 0 Å². The molecule has 0 radical (unpaired) electrons. The Labute approximate surface area is 138 Å². The van der Waals surface area contributed by atoms with Crippen LogP contribution in [0.3, 0.4) is 0 Å². The predicted octanol–water partition coefficient (Wildman–Crippen LogP) is 3.46. The highest BCUT2D eigenvalue weighted by molar-refractivity contribution is 7.98. The number of ether oxygens (including phenoxy) is 2. The zero-order valence-electron chi connectivity index (χ0n) is 12.6. The molecule has 0 saturated carbocycles. The second kappa shape index (κ2) is 7.06. The summed E-state index contributed by atoms with van der Waals surface area (Å²) in [6.07, 6.45) is 5.25. The van der Waals surface area contributed by atoms with Gasteiger partial charge in [-0.15, -0.1) is 0 Å². The van der Waals surface area contributed by atoms with Crippen molar-refractivity contribution in [2.45, 2.75) is 5.16 Å². The summed E-state index contributed by atoms with van der Waals surface area (Å²) in [6, 6.07) is 10.8. The first-order valence-corrected chi connectivity index (χ1v) is 8.03. The molecule has 0 amide bonds. The molecule has 0 spiro atoms. The van der Waals surface area contributed by atoms with Crippen molar-refractivity contribution in [3.05, 3.63) is 48.8 Å². The largest absolute Gasteiger partial charge is 0.497 e. The second-order valence-corrected chi connectivity index (χ2v) is 5.20. The van der Waals surface area contributed by atoms with Crippen LogP contribution >= 0.6 is 11.8 Å². The van der Waals surface area contributed by atoms with E-state index in [1.54, 1.807) is 31.6 Å². The number of hydrogen-bond acceptors (Lipinski definition) is 7. The van der Waals surface area contributed by atoms with Gasteiger partial charge in [0.15, 0.2) is 11.0 Å². The first-order chi connectivity index (χ1) is 11.3. The number of methoxy groups -OCH3 is 1. The zero-order valence-corrected chi connectivity index (χ0v) is 13.4. The van der Waals surface area contributed by atoms with Crippen molar-refractivity contribution < 1.29 is 9.47 Å². The lowest BCUT2D eigenvalue weighted by molar-refractivity contribution is 0.412. The van der Waals surface area contributed by atoms with Crippen LogP contribution in [0.4, 0.5) is 0 Å². The maximum atomic E-state index is 5.74. The smallest absolute Gasteiger partial charge is 0.222 e. The lowest BCUT2D eigenvalue weighted by atomic mass is 10.3. The molecular weight excluding hydrogens is 312 g/mol. The Balaban J connectivity index is 1.84. The lowest BCUT2D eigenvalue weighted by Gasteiger charge is -2.07. The summed E-state index contributed by atoms with van der Waals surface area (Å²) in [5, 5.41) is 0.674. The van der Waals surface area contributed by atoms with Crippen LogP contribution in [0.25, 0.3) is 11.5 Å². The Morgan fingerprint density at radius 2 is 1.61 bits per heavy atom. The minimum absolute atomic E-state index is 0.449. The zero-order chi connectivity index (χ0) is 16.1. The van der Waals surface area contributed by atoms with Gasteiger partial charge in [-0.05, 0) is 36.6 Å². The van der Waals surface area contributed by atoms with Crippen molar-refractivity contribution in [2.75, 3.05) is 13.4 Å². The van der Waals surface area contributed by atoms with Gasteiger partial charge < -0.3 is 9.47 Å². The van der Waals surface area contributed by atoms with Gasteiger partial charge in [-0.25, -0.2) is 15.0 Å². The van der Waals surface area contributed by atoms with Crippen molar-refractivity contribution in [3.63, 3.8) is 0 Å². The molecule has 23 heavy (non-hydrogen) atoms. The Morgan fingerprint density at radius 1 is 0.870 bits per heavy atom. The van der Waals surface area contributed by atoms with Gasteiger partial charge in [-0.2, -0.15) is 4.98 Å². The third-order valence-electron chi connectivity index (χ3n) is 2.96. The van der Waals surface area contributed by atoms with E-state index in [4.69, 9.17) is 9.47 Å². The number of nitrogens with zero attached hydrogens (tertiary/aromatic N) is 4. The molecule has 0 aliphatic carbocycles. The summed E-state index contributed by atoms with van der Waals surface area (Å²) < 4.78 is 10.9. The molecule has 0 aliphatic heterocycles. The highest BCUT2D eigenvalue weighted by atomic mass is 32.2. The average Bonchev–Trinajstić information content (AvgIpc) is 2.63. The first-order valence-electron chi connectivity index (χ1n) is 6.81. The minimum atomic E-state index is 0.449. The average molecular weight is 326 g/mol. The Bertz CT molecular complexity index is 796. The number of aromatic nitrogens is 4. The monoisotopic (exact) mass is 326 g/mol. The van der Waals surface area contributed by atoms with Crippen molar-refractivity contribution in [2.24, 2.45) is 0 Å². The second-order valence-electron chi connectivity index (χ2n) is 4.42. The van der Waals surface area contributed by atoms with E-state index in [-0.39, 0.29) is 0 Å². The summed E-state index contributed by atoms with van der Waals surface area (Å²) in [4.78, 5) is 17.2.